The van der Waals surface area contributed by atoms with E-state index in [1.54, 1.807) is 18.3 Å². The van der Waals surface area contributed by atoms with E-state index < -0.39 is 0 Å². The van der Waals surface area contributed by atoms with Gasteiger partial charge in [0.15, 0.2) is 0 Å². The topological polar surface area (TPSA) is 42.0 Å². The molecule has 1 aromatic carbocycles. The van der Waals surface area contributed by atoms with Gasteiger partial charge in [-0.1, -0.05) is 55.7 Å². The first kappa shape index (κ1) is 16.4. The van der Waals surface area contributed by atoms with Gasteiger partial charge in [-0.2, -0.15) is 0 Å². The van der Waals surface area contributed by atoms with Gasteiger partial charge in [0.05, 0.1) is 5.69 Å². The summed E-state index contributed by atoms with van der Waals surface area (Å²) in [4.78, 5) is 16.4. The van der Waals surface area contributed by atoms with E-state index in [1.165, 1.54) is 24.8 Å². The lowest BCUT2D eigenvalue weighted by atomic mass is 9.69. The predicted octanol–water partition coefficient (Wildman–Crippen LogP) is 4.11. The van der Waals surface area contributed by atoms with Crippen LogP contribution in [0.4, 0.5) is 0 Å². The van der Waals surface area contributed by atoms with Crippen LogP contribution in [0.1, 0.15) is 43.4 Å². The molecule has 1 N–H and O–H groups in total. The fourth-order valence-electron chi connectivity index (χ4n) is 3.54. The van der Waals surface area contributed by atoms with Gasteiger partial charge >= 0.3 is 0 Å². The van der Waals surface area contributed by atoms with Gasteiger partial charge in [-0.25, -0.2) is 0 Å². The van der Waals surface area contributed by atoms with Crippen LogP contribution in [0.15, 0.2) is 60.8 Å². The minimum absolute atomic E-state index is 0.0541. The molecule has 0 aliphatic heterocycles. The summed E-state index contributed by atoms with van der Waals surface area (Å²) in [6, 6.07) is 16.3. The van der Waals surface area contributed by atoms with Crippen molar-refractivity contribution in [3.8, 4) is 0 Å². The van der Waals surface area contributed by atoms with Gasteiger partial charge in [0.1, 0.15) is 0 Å². The van der Waals surface area contributed by atoms with Crippen molar-refractivity contribution in [2.24, 2.45) is 0 Å². The first-order valence-electron chi connectivity index (χ1n) is 8.71. The highest BCUT2D eigenvalue weighted by atomic mass is 16.1. The quantitative estimate of drug-likeness (QED) is 0.842. The second-order valence-electron chi connectivity index (χ2n) is 6.51. The number of carbonyl (C=O) groups is 1. The number of carbonyl (C=O) groups excluding carboxylic acids is 1. The van der Waals surface area contributed by atoms with Crippen LogP contribution >= 0.6 is 0 Å². The Bertz CT molecular complexity index is 673. The lowest BCUT2D eigenvalue weighted by molar-refractivity contribution is -0.116. The third-order valence-electron chi connectivity index (χ3n) is 4.89. The van der Waals surface area contributed by atoms with E-state index in [0.29, 0.717) is 6.54 Å². The SMILES string of the molecule is O=C(/C=C/c1ccccn1)NCC1(c2ccccc2)CCCCC1. The maximum Gasteiger partial charge on any atom is 0.244 e. The molecule has 0 radical (unpaired) electrons. The minimum atomic E-state index is -0.0541. The molecule has 2 aromatic rings. The molecule has 1 fully saturated rings. The van der Waals surface area contributed by atoms with E-state index in [0.717, 1.165) is 18.5 Å². The number of nitrogens with zero attached hydrogens (tertiary/aromatic N) is 1. The Morgan fingerprint density at radius 3 is 2.50 bits per heavy atom. The summed E-state index contributed by atoms with van der Waals surface area (Å²) in [5.74, 6) is -0.0541. The van der Waals surface area contributed by atoms with Crippen molar-refractivity contribution in [2.45, 2.75) is 37.5 Å². The summed E-state index contributed by atoms with van der Waals surface area (Å²) >= 11 is 0. The van der Waals surface area contributed by atoms with Crippen LogP contribution in [-0.4, -0.2) is 17.4 Å². The Kier molecular flexibility index (Phi) is 5.42. The Morgan fingerprint density at radius 2 is 1.79 bits per heavy atom. The molecule has 1 saturated carbocycles. The summed E-state index contributed by atoms with van der Waals surface area (Å²) in [7, 11) is 0. The van der Waals surface area contributed by atoms with Crippen molar-refractivity contribution in [3.05, 3.63) is 72.1 Å². The molecule has 0 spiro atoms. The van der Waals surface area contributed by atoms with Crippen molar-refractivity contribution in [3.63, 3.8) is 0 Å². The second kappa shape index (κ2) is 7.91. The van der Waals surface area contributed by atoms with Crippen LogP contribution in [0.2, 0.25) is 0 Å². The molecule has 3 heteroatoms. The van der Waals surface area contributed by atoms with Crippen molar-refractivity contribution >= 4 is 12.0 Å². The predicted molar refractivity (Wildman–Crippen MR) is 97.5 cm³/mol. The van der Waals surface area contributed by atoms with Crippen LogP contribution in [-0.2, 0) is 10.2 Å². The van der Waals surface area contributed by atoms with Gasteiger partial charge in [-0.15, -0.1) is 0 Å². The average Bonchev–Trinajstić information content (AvgIpc) is 2.67. The highest BCUT2D eigenvalue weighted by molar-refractivity contribution is 5.91. The van der Waals surface area contributed by atoms with E-state index in [1.807, 2.05) is 24.3 Å². The number of benzene rings is 1. The Labute approximate surface area is 143 Å². The molecule has 3 rings (SSSR count). The maximum atomic E-state index is 12.2. The zero-order valence-electron chi connectivity index (χ0n) is 13.9. The number of pyridine rings is 1. The van der Waals surface area contributed by atoms with Gasteiger partial charge < -0.3 is 5.32 Å². The molecule has 1 aromatic heterocycles. The van der Waals surface area contributed by atoms with E-state index >= 15 is 0 Å². The third kappa shape index (κ3) is 4.10. The van der Waals surface area contributed by atoms with Crippen molar-refractivity contribution < 1.29 is 4.79 Å². The summed E-state index contributed by atoms with van der Waals surface area (Å²) in [5, 5.41) is 3.11. The van der Waals surface area contributed by atoms with Crippen LogP contribution < -0.4 is 5.32 Å². The summed E-state index contributed by atoms with van der Waals surface area (Å²) in [6.07, 6.45) is 11.1. The number of hydrogen-bond donors (Lipinski definition) is 1. The standard InChI is InChI=1S/C21H24N2O/c24-20(13-12-19-11-5-8-16-22-19)23-17-21(14-6-2-7-15-21)18-9-3-1-4-10-18/h1,3-5,8-13,16H,2,6-7,14-15,17H2,(H,23,24)/b13-12+. The Balaban J connectivity index is 1.66. The Hall–Kier alpha value is -2.42. The molecule has 1 aliphatic carbocycles. The fraction of sp³-hybridized carbons (Fsp3) is 0.333. The summed E-state index contributed by atoms with van der Waals surface area (Å²) in [6.45, 7) is 0.697. The molecule has 3 nitrogen and oxygen atoms in total. The number of aromatic nitrogens is 1. The van der Waals surface area contributed by atoms with E-state index in [-0.39, 0.29) is 11.3 Å². The molecule has 1 aliphatic rings. The number of nitrogens with one attached hydrogen (secondary N) is 1. The molecule has 0 saturated heterocycles. The fourth-order valence-corrected chi connectivity index (χ4v) is 3.54. The first-order chi connectivity index (χ1) is 11.8. The summed E-state index contributed by atoms with van der Waals surface area (Å²) < 4.78 is 0. The lowest BCUT2D eigenvalue weighted by Gasteiger charge is -2.38. The average molecular weight is 320 g/mol. The van der Waals surface area contributed by atoms with E-state index in [9.17, 15) is 4.79 Å². The summed E-state index contributed by atoms with van der Waals surface area (Å²) in [5.41, 5.74) is 2.22. The number of amides is 1. The highest BCUT2D eigenvalue weighted by Crippen LogP contribution is 2.38. The van der Waals surface area contributed by atoms with Crippen molar-refractivity contribution in [1.29, 1.82) is 0 Å². The molecule has 124 valence electrons. The van der Waals surface area contributed by atoms with E-state index in [4.69, 9.17) is 0 Å². The van der Waals surface area contributed by atoms with Gasteiger partial charge in [0, 0.05) is 24.2 Å². The normalized spacial score (nSPS) is 16.8. The highest BCUT2D eigenvalue weighted by Gasteiger charge is 2.33. The van der Waals surface area contributed by atoms with Crippen LogP contribution in [0.5, 0.6) is 0 Å². The zero-order chi connectivity index (χ0) is 16.7. The smallest absolute Gasteiger partial charge is 0.244 e. The van der Waals surface area contributed by atoms with Gasteiger partial charge in [-0.05, 0) is 36.6 Å². The molecule has 0 bridgehead atoms. The maximum absolute atomic E-state index is 12.2. The molecule has 24 heavy (non-hydrogen) atoms. The van der Waals surface area contributed by atoms with E-state index in [2.05, 4.69) is 34.6 Å². The molecular weight excluding hydrogens is 296 g/mol. The number of hydrogen-bond acceptors (Lipinski definition) is 2. The largest absolute Gasteiger partial charge is 0.352 e. The molecule has 0 atom stereocenters. The monoisotopic (exact) mass is 320 g/mol. The minimum Gasteiger partial charge on any atom is -0.352 e. The zero-order valence-corrected chi connectivity index (χ0v) is 13.9. The second-order valence-corrected chi connectivity index (χ2v) is 6.51. The van der Waals surface area contributed by atoms with Crippen LogP contribution in [0.25, 0.3) is 6.08 Å². The molecule has 1 heterocycles. The van der Waals surface area contributed by atoms with Crippen molar-refractivity contribution in [2.75, 3.05) is 6.54 Å². The lowest BCUT2D eigenvalue weighted by Crippen LogP contribution is -2.41. The van der Waals surface area contributed by atoms with Crippen LogP contribution in [0, 0.1) is 0 Å². The van der Waals surface area contributed by atoms with Gasteiger partial charge in [0.2, 0.25) is 5.91 Å². The molecule has 0 unspecified atom stereocenters. The Morgan fingerprint density at radius 1 is 1.04 bits per heavy atom. The number of rotatable bonds is 5. The van der Waals surface area contributed by atoms with Crippen molar-refractivity contribution in [1.82, 2.24) is 10.3 Å². The first-order valence-corrected chi connectivity index (χ1v) is 8.71. The van der Waals surface area contributed by atoms with Gasteiger partial charge in [0.25, 0.3) is 0 Å². The third-order valence-corrected chi connectivity index (χ3v) is 4.89. The van der Waals surface area contributed by atoms with Gasteiger partial charge in [-0.3, -0.25) is 9.78 Å². The van der Waals surface area contributed by atoms with Crippen LogP contribution in [0.3, 0.4) is 0 Å². The molecule has 1 amide bonds. The molecular formula is C21H24N2O.